The molecule has 2 aromatic rings. The van der Waals surface area contributed by atoms with Crippen LogP contribution in [0.25, 0.3) is 5.57 Å². The summed E-state index contributed by atoms with van der Waals surface area (Å²) in [5, 5.41) is 3.69. The Labute approximate surface area is 175 Å². The molecule has 29 heavy (non-hydrogen) atoms. The average molecular weight is 385 g/mol. The van der Waals surface area contributed by atoms with Crippen molar-refractivity contribution in [1.29, 1.82) is 0 Å². The highest BCUT2D eigenvalue weighted by Crippen LogP contribution is 2.37. The number of aliphatic imine (C=N–C) groups is 1. The van der Waals surface area contributed by atoms with Crippen LogP contribution >= 0.6 is 0 Å². The van der Waals surface area contributed by atoms with Crippen LogP contribution in [-0.2, 0) is 13.0 Å². The number of hydrogen-bond donors (Lipinski definition) is 1. The van der Waals surface area contributed by atoms with Crippen LogP contribution in [0.1, 0.15) is 49.4 Å². The standard InChI is InChI=1S/C27H32N2/c1-6-22-11-9-12-23(14-22)18-29-24-15-26(21(4)20(3)17-28-5)27(16-24)25-13-8-7-10-19(25)2/h7-14,16-17,29H,6,15,18H2,1-5H3/b21-20+,28-17?. The first-order valence-electron chi connectivity index (χ1n) is 10.4. The molecule has 0 saturated heterocycles. The van der Waals surface area contributed by atoms with E-state index in [0.717, 1.165) is 19.4 Å². The molecule has 3 rings (SSSR count). The Morgan fingerprint density at radius 1 is 1.07 bits per heavy atom. The summed E-state index contributed by atoms with van der Waals surface area (Å²) in [5.74, 6) is 0. The molecule has 2 aromatic carbocycles. The minimum Gasteiger partial charge on any atom is -0.384 e. The molecule has 1 aliphatic carbocycles. The average Bonchev–Trinajstić information content (AvgIpc) is 3.16. The Bertz CT molecular complexity index is 1000. The molecule has 0 aromatic heterocycles. The van der Waals surface area contributed by atoms with Crippen molar-refractivity contribution in [3.05, 3.63) is 99.3 Å². The van der Waals surface area contributed by atoms with E-state index in [9.17, 15) is 0 Å². The zero-order valence-electron chi connectivity index (χ0n) is 18.3. The van der Waals surface area contributed by atoms with E-state index in [-0.39, 0.29) is 0 Å². The fraction of sp³-hybridized carbons (Fsp3) is 0.296. The molecule has 0 radical (unpaired) electrons. The first-order valence-corrected chi connectivity index (χ1v) is 10.4. The summed E-state index contributed by atoms with van der Waals surface area (Å²) in [6.07, 6.45) is 6.29. The SMILES string of the molecule is CCc1cccc(CNC2=CC(c3ccccc3C)=C(/C(C)=C(\C)C=NC)C2)c1. The Balaban J connectivity index is 1.90. The largest absolute Gasteiger partial charge is 0.384 e. The van der Waals surface area contributed by atoms with Crippen LogP contribution in [0.4, 0.5) is 0 Å². The van der Waals surface area contributed by atoms with Crippen molar-refractivity contribution in [1.82, 2.24) is 5.32 Å². The van der Waals surface area contributed by atoms with Gasteiger partial charge in [0, 0.05) is 31.9 Å². The van der Waals surface area contributed by atoms with Gasteiger partial charge in [0.05, 0.1) is 0 Å². The van der Waals surface area contributed by atoms with Gasteiger partial charge in [-0.25, -0.2) is 0 Å². The topological polar surface area (TPSA) is 24.4 Å². The number of rotatable bonds is 7. The number of nitrogens with zero attached hydrogens (tertiary/aromatic N) is 1. The third kappa shape index (κ3) is 4.95. The molecule has 1 aliphatic rings. The molecular formula is C27H32N2. The summed E-state index contributed by atoms with van der Waals surface area (Å²) in [5.41, 5.74) is 11.9. The third-order valence-corrected chi connectivity index (χ3v) is 5.73. The van der Waals surface area contributed by atoms with Crippen molar-refractivity contribution in [2.45, 2.75) is 47.1 Å². The van der Waals surface area contributed by atoms with Crippen LogP contribution in [0, 0.1) is 6.92 Å². The lowest BCUT2D eigenvalue weighted by atomic mass is 9.93. The normalized spacial score (nSPS) is 15.0. The second-order valence-corrected chi connectivity index (χ2v) is 7.78. The Morgan fingerprint density at radius 2 is 1.83 bits per heavy atom. The van der Waals surface area contributed by atoms with Crippen molar-refractivity contribution in [3.8, 4) is 0 Å². The number of allylic oxidation sites excluding steroid dienone is 5. The van der Waals surface area contributed by atoms with Gasteiger partial charge in [0.15, 0.2) is 0 Å². The van der Waals surface area contributed by atoms with E-state index in [1.165, 1.54) is 50.2 Å². The molecule has 0 saturated carbocycles. The molecule has 0 fully saturated rings. The minimum absolute atomic E-state index is 0.853. The second-order valence-electron chi connectivity index (χ2n) is 7.78. The van der Waals surface area contributed by atoms with Crippen LogP contribution in [0.3, 0.4) is 0 Å². The Morgan fingerprint density at radius 3 is 2.55 bits per heavy atom. The van der Waals surface area contributed by atoms with Gasteiger partial charge < -0.3 is 5.32 Å². The highest BCUT2D eigenvalue weighted by atomic mass is 14.9. The zero-order chi connectivity index (χ0) is 20.8. The molecule has 0 amide bonds. The lowest BCUT2D eigenvalue weighted by molar-refractivity contribution is 0.787. The van der Waals surface area contributed by atoms with Gasteiger partial charge >= 0.3 is 0 Å². The summed E-state index contributed by atoms with van der Waals surface area (Å²) >= 11 is 0. The molecular weight excluding hydrogens is 352 g/mol. The summed E-state index contributed by atoms with van der Waals surface area (Å²) < 4.78 is 0. The summed E-state index contributed by atoms with van der Waals surface area (Å²) in [6.45, 7) is 9.60. The predicted molar refractivity (Wildman–Crippen MR) is 126 cm³/mol. The van der Waals surface area contributed by atoms with Gasteiger partial charge in [0.2, 0.25) is 0 Å². The van der Waals surface area contributed by atoms with Gasteiger partial charge in [-0.1, -0.05) is 55.5 Å². The molecule has 0 bridgehead atoms. The van der Waals surface area contributed by atoms with Crippen LogP contribution in [0.5, 0.6) is 0 Å². The van der Waals surface area contributed by atoms with Crippen molar-refractivity contribution in [3.63, 3.8) is 0 Å². The molecule has 0 unspecified atom stereocenters. The van der Waals surface area contributed by atoms with Gasteiger partial charge in [-0.3, -0.25) is 4.99 Å². The number of aryl methyl sites for hydroxylation is 2. The van der Waals surface area contributed by atoms with E-state index in [2.05, 4.69) is 92.6 Å². The molecule has 2 heteroatoms. The number of benzene rings is 2. The molecule has 0 spiro atoms. The molecule has 0 atom stereocenters. The lowest BCUT2D eigenvalue weighted by Crippen LogP contribution is -2.12. The number of hydrogen-bond acceptors (Lipinski definition) is 2. The van der Waals surface area contributed by atoms with Gasteiger partial charge in [-0.15, -0.1) is 0 Å². The Kier molecular flexibility index (Phi) is 6.87. The van der Waals surface area contributed by atoms with E-state index in [4.69, 9.17) is 0 Å². The minimum atomic E-state index is 0.853. The van der Waals surface area contributed by atoms with Gasteiger partial charge in [-0.05, 0) is 77.8 Å². The smallest absolute Gasteiger partial charge is 0.0398 e. The highest BCUT2D eigenvalue weighted by molar-refractivity contribution is 5.88. The molecule has 0 aliphatic heterocycles. The van der Waals surface area contributed by atoms with Gasteiger partial charge in [-0.2, -0.15) is 0 Å². The van der Waals surface area contributed by atoms with Crippen molar-refractivity contribution in [2.75, 3.05) is 7.05 Å². The van der Waals surface area contributed by atoms with Gasteiger partial charge in [0.25, 0.3) is 0 Å². The van der Waals surface area contributed by atoms with E-state index in [1.807, 2.05) is 13.3 Å². The lowest BCUT2D eigenvalue weighted by Gasteiger charge is -2.13. The van der Waals surface area contributed by atoms with E-state index in [0.29, 0.717) is 0 Å². The predicted octanol–water partition coefficient (Wildman–Crippen LogP) is 6.43. The number of nitrogens with one attached hydrogen (secondary N) is 1. The van der Waals surface area contributed by atoms with Gasteiger partial charge in [0.1, 0.15) is 0 Å². The fourth-order valence-corrected chi connectivity index (χ4v) is 3.87. The van der Waals surface area contributed by atoms with Crippen LogP contribution < -0.4 is 5.32 Å². The molecule has 150 valence electrons. The monoisotopic (exact) mass is 384 g/mol. The fourth-order valence-electron chi connectivity index (χ4n) is 3.87. The summed E-state index contributed by atoms with van der Waals surface area (Å²) in [7, 11) is 1.83. The van der Waals surface area contributed by atoms with E-state index >= 15 is 0 Å². The quantitative estimate of drug-likeness (QED) is 0.547. The van der Waals surface area contributed by atoms with Crippen LogP contribution in [0.15, 0.2) is 82.0 Å². The Hall–Kier alpha value is -2.87. The molecule has 2 nitrogen and oxygen atoms in total. The molecule has 1 N–H and O–H groups in total. The first kappa shape index (κ1) is 20.9. The summed E-state index contributed by atoms with van der Waals surface area (Å²) in [4.78, 5) is 4.22. The van der Waals surface area contributed by atoms with Crippen LogP contribution in [0.2, 0.25) is 0 Å². The summed E-state index contributed by atoms with van der Waals surface area (Å²) in [6, 6.07) is 17.5. The highest BCUT2D eigenvalue weighted by Gasteiger charge is 2.20. The first-order chi connectivity index (χ1) is 14.0. The van der Waals surface area contributed by atoms with Crippen molar-refractivity contribution in [2.24, 2.45) is 4.99 Å². The van der Waals surface area contributed by atoms with E-state index in [1.54, 1.807) is 0 Å². The maximum absolute atomic E-state index is 4.22. The van der Waals surface area contributed by atoms with Crippen molar-refractivity contribution < 1.29 is 0 Å². The zero-order valence-corrected chi connectivity index (χ0v) is 18.3. The third-order valence-electron chi connectivity index (χ3n) is 5.73. The maximum Gasteiger partial charge on any atom is 0.0398 e. The molecule has 0 heterocycles. The van der Waals surface area contributed by atoms with E-state index < -0.39 is 0 Å². The van der Waals surface area contributed by atoms with Crippen LogP contribution in [-0.4, -0.2) is 13.3 Å². The second kappa shape index (κ2) is 9.56. The maximum atomic E-state index is 4.22. The van der Waals surface area contributed by atoms with Crippen molar-refractivity contribution >= 4 is 11.8 Å².